The van der Waals surface area contributed by atoms with E-state index in [1.165, 1.54) is 24.0 Å². The third kappa shape index (κ3) is 6.05. The number of hydrogen-bond donors (Lipinski definition) is 2. The molecule has 1 heterocycles. The van der Waals surface area contributed by atoms with Gasteiger partial charge in [-0.25, -0.2) is 0 Å². The predicted molar refractivity (Wildman–Crippen MR) is 118 cm³/mol. The first-order chi connectivity index (χ1) is 14.6. The molecule has 30 heavy (non-hydrogen) atoms. The zero-order valence-electron chi connectivity index (χ0n) is 17.3. The molecule has 2 fully saturated rings. The molecule has 0 bridgehead atoms. The number of ether oxygens (including phenoxy) is 2. The number of halogens is 1. The molecule has 2 aliphatic rings. The normalized spacial score (nSPS) is 24.2. The van der Waals surface area contributed by atoms with Crippen molar-refractivity contribution in [2.24, 2.45) is 0 Å². The maximum absolute atomic E-state index is 10.1. The van der Waals surface area contributed by atoms with Crippen molar-refractivity contribution in [2.45, 2.75) is 69.4 Å². The van der Waals surface area contributed by atoms with Crippen molar-refractivity contribution >= 4 is 11.6 Å². The Balaban J connectivity index is 1.37. The highest BCUT2D eigenvalue weighted by Gasteiger charge is 2.29. The smallest absolute Gasteiger partial charge is 0.0854 e. The van der Waals surface area contributed by atoms with Gasteiger partial charge in [0.25, 0.3) is 0 Å². The molecule has 3 atom stereocenters. The summed E-state index contributed by atoms with van der Waals surface area (Å²) >= 11 is 6.47. The number of aryl methyl sites for hydroxylation is 1. The number of hydrogen-bond acceptors (Lipinski definition) is 4. The molecular formula is C25H31ClO4. The van der Waals surface area contributed by atoms with E-state index >= 15 is 0 Å². The summed E-state index contributed by atoms with van der Waals surface area (Å²) in [7, 11) is 0. The van der Waals surface area contributed by atoms with Crippen LogP contribution < -0.4 is 0 Å². The monoisotopic (exact) mass is 430 g/mol. The van der Waals surface area contributed by atoms with Crippen LogP contribution in [-0.4, -0.2) is 41.7 Å². The molecule has 1 saturated carbocycles. The largest absolute Gasteiger partial charge is 0.394 e. The average Bonchev–Trinajstić information content (AvgIpc) is 3.58. The van der Waals surface area contributed by atoms with Gasteiger partial charge in [0, 0.05) is 24.5 Å². The Labute approximate surface area is 183 Å². The molecule has 2 N–H and O–H groups in total. The SMILES string of the molecule is OCC1CC(O)CC(c2ccc(Cl)c(Cc3ccc(CCCOC4CC4)cc3)c2)O1. The molecule has 0 radical (unpaired) electrons. The summed E-state index contributed by atoms with van der Waals surface area (Å²) in [6, 6.07) is 14.6. The Hall–Kier alpha value is -1.43. The summed E-state index contributed by atoms with van der Waals surface area (Å²) < 4.78 is 11.7. The van der Waals surface area contributed by atoms with Crippen LogP contribution in [0.15, 0.2) is 42.5 Å². The quantitative estimate of drug-likeness (QED) is 0.570. The lowest BCUT2D eigenvalue weighted by molar-refractivity contribution is -0.113. The first kappa shape index (κ1) is 21.8. The fourth-order valence-electron chi connectivity index (χ4n) is 4.06. The van der Waals surface area contributed by atoms with Gasteiger partial charge in [-0.15, -0.1) is 0 Å². The fourth-order valence-corrected chi connectivity index (χ4v) is 4.24. The standard InChI is InChI=1S/C25H31ClO4/c26-24-10-7-19(25-15-21(28)14-23(16-27)30-25)13-20(24)12-18-5-3-17(4-6-18)2-1-11-29-22-8-9-22/h3-7,10,13,21-23,25,27-28H,1-2,8-9,11-12,14-16H2. The van der Waals surface area contributed by atoms with Gasteiger partial charge < -0.3 is 19.7 Å². The second-order valence-electron chi connectivity index (χ2n) is 8.57. The Morgan fingerprint density at radius 3 is 2.53 bits per heavy atom. The van der Waals surface area contributed by atoms with E-state index in [0.717, 1.165) is 42.0 Å². The Bertz CT molecular complexity index is 818. The van der Waals surface area contributed by atoms with Crippen LogP contribution >= 0.6 is 11.6 Å². The summed E-state index contributed by atoms with van der Waals surface area (Å²) in [4.78, 5) is 0. The van der Waals surface area contributed by atoms with Crippen molar-refractivity contribution < 1.29 is 19.7 Å². The van der Waals surface area contributed by atoms with Crippen LogP contribution in [0.4, 0.5) is 0 Å². The van der Waals surface area contributed by atoms with Crippen LogP contribution in [0.1, 0.15) is 60.5 Å². The van der Waals surface area contributed by atoms with E-state index in [-0.39, 0.29) is 18.8 Å². The van der Waals surface area contributed by atoms with E-state index in [1.54, 1.807) is 0 Å². The van der Waals surface area contributed by atoms with Crippen LogP contribution in [0.3, 0.4) is 0 Å². The molecule has 1 aliphatic heterocycles. The van der Waals surface area contributed by atoms with Crippen molar-refractivity contribution in [3.63, 3.8) is 0 Å². The minimum atomic E-state index is -0.456. The molecule has 3 unspecified atom stereocenters. The van der Waals surface area contributed by atoms with Gasteiger partial charge in [-0.1, -0.05) is 48.0 Å². The zero-order chi connectivity index (χ0) is 20.9. The minimum Gasteiger partial charge on any atom is -0.394 e. The average molecular weight is 431 g/mol. The molecule has 1 saturated heterocycles. The number of benzene rings is 2. The van der Waals surface area contributed by atoms with Crippen molar-refractivity contribution in [3.05, 3.63) is 69.7 Å². The van der Waals surface area contributed by atoms with Gasteiger partial charge in [-0.2, -0.15) is 0 Å². The highest BCUT2D eigenvalue weighted by molar-refractivity contribution is 6.31. The first-order valence-electron chi connectivity index (χ1n) is 11.0. The minimum absolute atomic E-state index is 0.0763. The summed E-state index contributed by atoms with van der Waals surface area (Å²) in [6.45, 7) is 0.775. The molecular weight excluding hydrogens is 400 g/mol. The second kappa shape index (κ2) is 10.3. The van der Waals surface area contributed by atoms with Crippen LogP contribution in [0, 0.1) is 0 Å². The Morgan fingerprint density at radius 2 is 1.80 bits per heavy atom. The summed E-state index contributed by atoms with van der Waals surface area (Å²) in [5.74, 6) is 0. The van der Waals surface area contributed by atoms with Gasteiger partial charge in [-0.3, -0.25) is 0 Å². The summed E-state index contributed by atoms with van der Waals surface area (Å²) in [6.07, 6.45) is 5.86. The molecule has 2 aromatic carbocycles. The van der Waals surface area contributed by atoms with Crippen LogP contribution in [-0.2, 0) is 22.3 Å². The van der Waals surface area contributed by atoms with E-state index in [1.807, 2.05) is 12.1 Å². The molecule has 0 amide bonds. The first-order valence-corrected chi connectivity index (χ1v) is 11.4. The van der Waals surface area contributed by atoms with E-state index in [4.69, 9.17) is 21.1 Å². The third-order valence-corrected chi connectivity index (χ3v) is 6.30. The van der Waals surface area contributed by atoms with Gasteiger partial charge in [0.05, 0.1) is 31.0 Å². The lowest BCUT2D eigenvalue weighted by Crippen LogP contribution is -2.33. The third-order valence-electron chi connectivity index (χ3n) is 5.93. The van der Waals surface area contributed by atoms with Gasteiger partial charge in [0.1, 0.15) is 0 Å². The number of rotatable bonds is 9. The molecule has 0 aromatic heterocycles. The van der Waals surface area contributed by atoms with E-state index in [9.17, 15) is 10.2 Å². The van der Waals surface area contributed by atoms with E-state index in [2.05, 4.69) is 30.3 Å². The maximum atomic E-state index is 10.1. The molecule has 162 valence electrons. The van der Waals surface area contributed by atoms with Gasteiger partial charge in [-0.05, 0) is 60.4 Å². The maximum Gasteiger partial charge on any atom is 0.0854 e. The lowest BCUT2D eigenvalue weighted by atomic mass is 9.94. The van der Waals surface area contributed by atoms with E-state index in [0.29, 0.717) is 18.9 Å². The van der Waals surface area contributed by atoms with Crippen molar-refractivity contribution in [1.29, 1.82) is 0 Å². The fraction of sp³-hybridized carbons (Fsp3) is 0.520. The molecule has 5 heteroatoms. The predicted octanol–water partition coefficient (Wildman–Crippen LogP) is 4.62. The molecule has 4 nitrogen and oxygen atoms in total. The number of aliphatic hydroxyl groups excluding tert-OH is 2. The lowest BCUT2D eigenvalue weighted by Gasteiger charge is -2.32. The summed E-state index contributed by atoms with van der Waals surface area (Å²) in [5.41, 5.74) is 4.59. The molecule has 1 aliphatic carbocycles. The van der Waals surface area contributed by atoms with Crippen molar-refractivity contribution in [1.82, 2.24) is 0 Å². The van der Waals surface area contributed by atoms with Crippen molar-refractivity contribution in [2.75, 3.05) is 13.2 Å². The van der Waals surface area contributed by atoms with Gasteiger partial charge >= 0.3 is 0 Å². The zero-order valence-corrected chi connectivity index (χ0v) is 18.1. The van der Waals surface area contributed by atoms with Crippen LogP contribution in [0.5, 0.6) is 0 Å². The Morgan fingerprint density at radius 1 is 1.03 bits per heavy atom. The van der Waals surface area contributed by atoms with Crippen molar-refractivity contribution in [3.8, 4) is 0 Å². The van der Waals surface area contributed by atoms with Gasteiger partial charge in [0.2, 0.25) is 0 Å². The highest BCUT2D eigenvalue weighted by Crippen LogP contribution is 2.33. The molecule has 0 spiro atoms. The highest BCUT2D eigenvalue weighted by atomic mass is 35.5. The molecule has 4 rings (SSSR count). The summed E-state index contributed by atoms with van der Waals surface area (Å²) in [5, 5.41) is 20.3. The topological polar surface area (TPSA) is 58.9 Å². The Kier molecular flexibility index (Phi) is 7.45. The second-order valence-corrected chi connectivity index (χ2v) is 8.98. The van der Waals surface area contributed by atoms with Gasteiger partial charge in [0.15, 0.2) is 0 Å². The van der Waals surface area contributed by atoms with Crippen LogP contribution in [0.2, 0.25) is 5.02 Å². The molecule has 2 aromatic rings. The van der Waals surface area contributed by atoms with Crippen LogP contribution in [0.25, 0.3) is 0 Å². The van der Waals surface area contributed by atoms with E-state index < -0.39 is 6.10 Å². The number of aliphatic hydroxyl groups is 2.